The molecule has 0 saturated heterocycles. The third-order valence-electron chi connectivity index (χ3n) is 8.46. The summed E-state index contributed by atoms with van der Waals surface area (Å²) in [7, 11) is 0. The van der Waals surface area contributed by atoms with E-state index in [-0.39, 0.29) is 0 Å². The highest BCUT2D eigenvalue weighted by Crippen LogP contribution is 2.35. The fourth-order valence-corrected chi connectivity index (χ4v) is 6.01. The summed E-state index contributed by atoms with van der Waals surface area (Å²) in [6, 6.07) is 54.8. The molecule has 8 aromatic rings. The van der Waals surface area contributed by atoms with Gasteiger partial charge in [-0.2, -0.15) is 0 Å². The largest absolute Gasteiger partial charge is 0.265 e. The molecule has 48 heavy (non-hydrogen) atoms. The molecule has 0 bridgehead atoms. The average molecular weight is 615 g/mol. The summed E-state index contributed by atoms with van der Waals surface area (Å²) in [6.07, 6.45) is 7.37. The van der Waals surface area contributed by atoms with Crippen molar-refractivity contribution >= 4 is 0 Å². The highest BCUT2D eigenvalue weighted by molar-refractivity contribution is 5.83. The van der Waals surface area contributed by atoms with Crippen LogP contribution in [0, 0.1) is 0 Å². The van der Waals surface area contributed by atoms with Gasteiger partial charge in [-0.15, -0.1) is 0 Å². The molecular weight excluding hydrogens is 585 g/mol. The number of hydrogen-bond acceptors (Lipinski definition) is 4. The molecule has 8 rings (SSSR count). The second kappa shape index (κ2) is 13.1. The first kappa shape index (κ1) is 28.9. The lowest BCUT2D eigenvalue weighted by atomic mass is 9.93. The standard InChI is InChI=1S/C44H30N4/c1-3-10-32(11-4-1)42-29-43(33-12-5-2-6-13-33)48-44(47-42)41-27-39(26-40(28-41)38-18-9-21-46-30-38)37-17-8-16-36(25-37)35-15-7-14-34(24-35)31-19-22-45-23-20-31/h1-30H. The molecule has 0 N–H and O–H groups in total. The van der Waals surface area contributed by atoms with Gasteiger partial charge >= 0.3 is 0 Å². The quantitative estimate of drug-likeness (QED) is 0.179. The normalized spacial score (nSPS) is 10.9. The molecule has 0 aliphatic carbocycles. The van der Waals surface area contributed by atoms with Crippen LogP contribution in [-0.4, -0.2) is 19.9 Å². The van der Waals surface area contributed by atoms with Gasteiger partial charge in [0.1, 0.15) is 0 Å². The first-order valence-corrected chi connectivity index (χ1v) is 15.9. The van der Waals surface area contributed by atoms with Crippen LogP contribution in [0.15, 0.2) is 183 Å². The summed E-state index contributed by atoms with van der Waals surface area (Å²) in [4.78, 5) is 18.9. The van der Waals surface area contributed by atoms with Crippen molar-refractivity contribution in [3.05, 3.63) is 183 Å². The monoisotopic (exact) mass is 614 g/mol. The van der Waals surface area contributed by atoms with Crippen molar-refractivity contribution in [3.63, 3.8) is 0 Å². The SMILES string of the molecule is c1ccc(-c2cc(-c3ccccc3)nc(-c3cc(-c4cccnc4)cc(-c4cccc(-c5cccc(-c6ccncc6)c5)c4)c3)n2)cc1. The lowest BCUT2D eigenvalue weighted by Crippen LogP contribution is -1.97. The number of hydrogen-bond donors (Lipinski definition) is 0. The predicted octanol–water partition coefficient (Wildman–Crippen LogP) is 10.9. The van der Waals surface area contributed by atoms with Gasteiger partial charge in [0.2, 0.25) is 0 Å². The zero-order valence-electron chi connectivity index (χ0n) is 26.1. The Morgan fingerprint density at radius 1 is 0.271 bits per heavy atom. The Balaban J connectivity index is 1.28. The van der Waals surface area contributed by atoms with Gasteiger partial charge < -0.3 is 0 Å². The summed E-state index contributed by atoms with van der Waals surface area (Å²) < 4.78 is 0. The van der Waals surface area contributed by atoms with Crippen molar-refractivity contribution in [2.75, 3.05) is 0 Å². The topological polar surface area (TPSA) is 51.6 Å². The van der Waals surface area contributed by atoms with Crippen LogP contribution in [0.2, 0.25) is 0 Å². The van der Waals surface area contributed by atoms with Gasteiger partial charge in [-0.3, -0.25) is 9.97 Å². The Morgan fingerprint density at radius 2 is 0.729 bits per heavy atom. The van der Waals surface area contributed by atoms with Crippen LogP contribution in [0.1, 0.15) is 0 Å². The lowest BCUT2D eigenvalue weighted by molar-refractivity contribution is 1.18. The van der Waals surface area contributed by atoms with Gasteiger partial charge in [-0.05, 0) is 93.5 Å². The zero-order valence-corrected chi connectivity index (χ0v) is 26.1. The first-order valence-electron chi connectivity index (χ1n) is 15.9. The van der Waals surface area contributed by atoms with E-state index in [4.69, 9.17) is 9.97 Å². The minimum Gasteiger partial charge on any atom is -0.265 e. The van der Waals surface area contributed by atoms with Crippen LogP contribution < -0.4 is 0 Å². The number of nitrogens with zero attached hydrogens (tertiary/aromatic N) is 4. The highest BCUT2D eigenvalue weighted by atomic mass is 14.9. The van der Waals surface area contributed by atoms with Gasteiger partial charge in [0, 0.05) is 47.0 Å². The van der Waals surface area contributed by atoms with Crippen LogP contribution in [0.25, 0.3) is 78.4 Å². The van der Waals surface area contributed by atoms with Crippen molar-refractivity contribution in [3.8, 4) is 78.4 Å². The molecule has 4 nitrogen and oxygen atoms in total. The van der Waals surface area contributed by atoms with E-state index in [9.17, 15) is 0 Å². The van der Waals surface area contributed by atoms with E-state index in [2.05, 4.69) is 113 Å². The first-order chi connectivity index (χ1) is 23.8. The molecule has 4 heteroatoms. The van der Waals surface area contributed by atoms with E-state index in [1.165, 1.54) is 0 Å². The minimum atomic E-state index is 0.670. The Labute approximate surface area is 280 Å². The predicted molar refractivity (Wildman–Crippen MR) is 196 cm³/mol. The summed E-state index contributed by atoms with van der Waals surface area (Å²) >= 11 is 0. The number of rotatable bonds is 7. The van der Waals surface area contributed by atoms with E-state index in [1.54, 1.807) is 6.20 Å². The molecule has 0 radical (unpaired) electrons. The molecule has 0 spiro atoms. The van der Waals surface area contributed by atoms with Gasteiger partial charge in [-0.1, -0.05) is 103 Å². The van der Waals surface area contributed by atoms with E-state index in [0.717, 1.165) is 72.6 Å². The van der Waals surface area contributed by atoms with Gasteiger partial charge in [0.25, 0.3) is 0 Å². The Kier molecular flexibility index (Phi) is 7.87. The summed E-state index contributed by atoms with van der Waals surface area (Å²) in [6.45, 7) is 0. The van der Waals surface area contributed by atoms with Gasteiger partial charge in [0.05, 0.1) is 11.4 Å². The molecule has 0 aliphatic rings. The fourth-order valence-electron chi connectivity index (χ4n) is 6.01. The smallest absolute Gasteiger partial charge is 0.160 e. The van der Waals surface area contributed by atoms with Crippen molar-refractivity contribution in [1.82, 2.24) is 19.9 Å². The Morgan fingerprint density at radius 3 is 1.29 bits per heavy atom. The Hall–Kier alpha value is -6.52. The average Bonchev–Trinajstić information content (AvgIpc) is 3.19. The van der Waals surface area contributed by atoms with E-state index in [0.29, 0.717) is 5.82 Å². The number of benzene rings is 5. The highest BCUT2D eigenvalue weighted by Gasteiger charge is 2.14. The Bertz CT molecular complexity index is 2260. The molecule has 5 aromatic carbocycles. The maximum Gasteiger partial charge on any atom is 0.160 e. The third kappa shape index (κ3) is 6.15. The molecule has 0 saturated carbocycles. The molecule has 0 aliphatic heterocycles. The van der Waals surface area contributed by atoms with Crippen molar-refractivity contribution in [2.45, 2.75) is 0 Å². The maximum atomic E-state index is 5.14. The van der Waals surface area contributed by atoms with Crippen LogP contribution in [0.4, 0.5) is 0 Å². The summed E-state index contributed by atoms with van der Waals surface area (Å²) in [5, 5.41) is 0. The van der Waals surface area contributed by atoms with Crippen molar-refractivity contribution in [1.29, 1.82) is 0 Å². The van der Waals surface area contributed by atoms with Gasteiger partial charge in [0.15, 0.2) is 5.82 Å². The molecule has 3 heterocycles. The van der Waals surface area contributed by atoms with Crippen molar-refractivity contribution < 1.29 is 0 Å². The summed E-state index contributed by atoms with van der Waals surface area (Å²) in [5.74, 6) is 0.670. The molecule has 3 aromatic heterocycles. The third-order valence-corrected chi connectivity index (χ3v) is 8.46. The van der Waals surface area contributed by atoms with Crippen LogP contribution in [0.5, 0.6) is 0 Å². The fraction of sp³-hybridized carbons (Fsp3) is 0. The molecular formula is C44H30N4. The molecule has 226 valence electrons. The molecule has 0 fully saturated rings. The van der Waals surface area contributed by atoms with Crippen molar-refractivity contribution in [2.24, 2.45) is 0 Å². The van der Waals surface area contributed by atoms with E-state index >= 15 is 0 Å². The molecule has 0 unspecified atom stereocenters. The minimum absolute atomic E-state index is 0.670. The zero-order chi connectivity index (χ0) is 32.1. The van der Waals surface area contributed by atoms with Crippen LogP contribution >= 0.6 is 0 Å². The summed E-state index contributed by atoms with van der Waals surface area (Å²) in [5.41, 5.74) is 13.7. The molecule has 0 amide bonds. The molecule has 0 atom stereocenters. The second-order valence-electron chi connectivity index (χ2n) is 11.6. The number of aromatic nitrogens is 4. The van der Waals surface area contributed by atoms with E-state index < -0.39 is 0 Å². The second-order valence-corrected chi connectivity index (χ2v) is 11.6. The lowest BCUT2D eigenvalue weighted by Gasteiger charge is -2.14. The number of pyridine rings is 2. The van der Waals surface area contributed by atoms with Crippen LogP contribution in [-0.2, 0) is 0 Å². The van der Waals surface area contributed by atoms with Crippen LogP contribution in [0.3, 0.4) is 0 Å². The van der Waals surface area contributed by atoms with E-state index in [1.807, 2.05) is 73.2 Å². The maximum absolute atomic E-state index is 5.14. The van der Waals surface area contributed by atoms with Gasteiger partial charge in [-0.25, -0.2) is 9.97 Å².